The lowest BCUT2D eigenvalue weighted by Gasteiger charge is -2.29. The normalized spacial score (nSPS) is 22.8. The summed E-state index contributed by atoms with van der Waals surface area (Å²) in [6.07, 6.45) is 1.16. The van der Waals surface area contributed by atoms with Gasteiger partial charge in [0, 0.05) is 12.2 Å². The van der Waals surface area contributed by atoms with E-state index in [1.807, 2.05) is 24.3 Å². The Morgan fingerprint density at radius 3 is 2.79 bits per heavy atom. The number of carbonyl (C=O) groups excluding carboxylic acids is 1. The highest BCUT2D eigenvalue weighted by molar-refractivity contribution is 5.89. The lowest BCUT2D eigenvalue weighted by atomic mass is 10.0. The molecule has 1 fully saturated rings. The lowest BCUT2D eigenvalue weighted by Crippen LogP contribution is -2.54. The Bertz CT molecular complexity index is 419. The number of piperidine rings is 1. The number of anilines is 1. The summed E-state index contributed by atoms with van der Waals surface area (Å²) >= 11 is 0. The monoisotopic (exact) mass is 263 g/mol. The fourth-order valence-electron chi connectivity index (χ4n) is 2.15. The van der Waals surface area contributed by atoms with E-state index in [1.54, 1.807) is 0 Å². The van der Waals surface area contributed by atoms with Gasteiger partial charge in [0.25, 0.3) is 0 Å². The van der Waals surface area contributed by atoms with Crippen molar-refractivity contribution >= 4 is 11.7 Å². The Morgan fingerprint density at radius 1 is 1.42 bits per heavy atom. The number of amides is 2. The lowest BCUT2D eigenvalue weighted by molar-refractivity contribution is 0.103. The van der Waals surface area contributed by atoms with Crippen molar-refractivity contribution in [3.63, 3.8) is 0 Å². The van der Waals surface area contributed by atoms with E-state index in [1.165, 1.54) is 5.56 Å². The number of nitrogens with one attached hydrogen (secondary N) is 3. The molecule has 1 aliphatic rings. The van der Waals surface area contributed by atoms with Crippen LogP contribution in [0.2, 0.25) is 0 Å². The standard InChI is InChI=1S/C14H21N3O2/c1-2-10-3-5-11(6-4-10)16-14(19)17-12-9-15-8-7-13(12)18/h3-6,12-13,15,18H,2,7-9H2,1H3,(H2,16,17,19)/t12-,13-/m1/s1. The van der Waals surface area contributed by atoms with Crippen molar-refractivity contribution in [2.24, 2.45) is 0 Å². The molecule has 2 atom stereocenters. The van der Waals surface area contributed by atoms with Gasteiger partial charge in [-0.05, 0) is 37.1 Å². The SMILES string of the molecule is CCc1ccc(NC(=O)N[C@@H]2CNCC[C@H]2O)cc1. The maximum absolute atomic E-state index is 11.8. The second kappa shape index (κ2) is 6.54. The van der Waals surface area contributed by atoms with Crippen molar-refractivity contribution < 1.29 is 9.90 Å². The number of rotatable bonds is 3. The molecule has 5 nitrogen and oxygen atoms in total. The number of carbonyl (C=O) groups is 1. The zero-order valence-corrected chi connectivity index (χ0v) is 11.1. The van der Waals surface area contributed by atoms with E-state index < -0.39 is 6.10 Å². The Morgan fingerprint density at radius 2 is 2.16 bits per heavy atom. The van der Waals surface area contributed by atoms with Crippen molar-refractivity contribution in [3.05, 3.63) is 29.8 Å². The summed E-state index contributed by atoms with van der Waals surface area (Å²) in [6.45, 7) is 3.48. The van der Waals surface area contributed by atoms with Gasteiger partial charge in [0.15, 0.2) is 0 Å². The first kappa shape index (κ1) is 13.8. The molecule has 1 aromatic rings. The molecule has 0 aliphatic carbocycles. The van der Waals surface area contributed by atoms with Crippen molar-refractivity contribution in [1.29, 1.82) is 0 Å². The molecule has 0 unspecified atom stereocenters. The van der Waals surface area contributed by atoms with Crippen LogP contribution in [-0.4, -0.2) is 36.4 Å². The van der Waals surface area contributed by atoms with Crippen molar-refractivity contribution in [1.82, 2.24) is 10.6 Å². The van der Waals surface area contributed by atoms with Gasteiger partial charge in [0.2, 0.25) is 0 Å². The van der Waals surface area contributed by atoms with Crippen LogP contribution in [0.5, 0.6) is 0 Å². The quantitative estimate of drug-likeness (QED) is 0.659. The van der Waals surface area contributed by atoms with Gasteiger partial charge in [-0.15, -0.1) is 0 Å². The molecule has 0 aromatic heterocycles. The number of aliphatic hydroxyl groups is 1. The summed E-state index contributed by atoms with van der Waals surface area (Å²) in [5.74, 6) is 0. The topological polar surface area (TPSA) is 73.4 Å². The van der Waals surface area contributed by atoms with Gasteiger partial charge in [-0.3, -0.25) is 0 Å². The maximum Gasteiger partial charge on any atom is 0.319 e. The van der Waals surface area contributed by atoms with E-state index in [2.05, 4.69) is 22.9 Å². The van der Waals surface area contributed by atoms with E-state index in [4.69, 9.17) is 0 Å². The highest BCUT2D eigenvalue weighted by Crippen LogP contribution is 2.10. The van der Waals surface area contributed by atoms with Gasteiger partial charge in [-0.25, -0.2) is 4.79 Å². The minimum absolute atomic E-state index is 0.233. The predicted octanol–water partition coefficient (Wildman–Crippen LogP) is 1.09. The van der Waals surface area contributed by atoms with Crippen LogP contribution in [0.4, 0.5) is 10.5 Å². The third-order valence-corrected chi connectivity index (χ3v) is 3.38. The smallest absolute Gasteiger partial charge is 0.319 e. The molecule has 1 heterocycles. The van der Waals surface area contributed by atoms with Gasteiger partial charge < -0.3 is 21.1 Å². The van der Waals surface area contributed by atoms with E-state index in [0.717, 1.165) is 18.7 Å². The predicted molar refractivity (Wildman–Crippen MR) is 75.3 cm³/mol. The molecule has 19 heavy (non-hydrogen) atoms. The number of hydrogen-bond acceptors (Lipinski definition) is 3. The molecule has 0 bridgehead atoms. The van der Waals surface area contributed by atoms with Crippen LogP contribution >= 0.6 is 0 Å². The second-order valence-electron chi connectivity index (χ2n) is 4.82. The van der Waals surface area contributed by atoms with Crippen LogP contribution in [0.1, 0.15) is 18.9 Å². The zero-order valence-electron chi connectivity index (χ0n) is 11.1. The van der Waals surface area contributed by atoms with E-state index >= 15 is 0 Å². The van der Waals surface area contributed by atoms with Crippen LogP contribution in [0.25, 0.3) is 0 Å². The molecular weight excluding hydrogens is 242 g/mol. The maximum atomic E-state index is 11.8. The summed E-state index contributed by atoms with van der Waals surface area (Å²) in [5, 5.41) is 18.5. The van der Waals surface area contributed by atoms with Crippen LogP contribution in [0.15, 0.2) is 24.3 Å². The summed E-state index contributed by atoms with van der Waals surface area (Å²) in [6, 6.07) is 7.24. The third-order valence-electron chi connectivity index (χ3n) is 3.38. The first-order valence-electron chi connectivity index (χ1n) is 6.74. The number of urea groups is 1. The fourth-order valence-corrected chi connectivity index (χ4v) is 2.15. The van der Waals surface area contributed by atoms with Crippen molar-refractivity contribution in [3.8, 4) is 0 Å². The highest BCUT2D eigenvalue weighted by Gasteiger charge is 2.24. The van der Waals surface area contributed by atoms with Gasteiger partial charge >= 0.3 is 6.03 Å². The van der Waals surface area contributed by atoms with E-state index in [0.29, 0.717) is 13.0 Å². The fraction of sp³-hybridized carbons (Fsp3) is 0.500. The molecule has 1 aliphatic heterocycles. The largest absolute Gasteiger partial charge is 0.391 e. The number of hydrogen-bond donors (Lipinski definition) is 4. The third kappa shape index (κ3) is 3.94. The summed E-state index contributed by atoms with van der Waals surface area (Å²) < 4.78 is 0. The first-order valence-corrected chi connectivity index (χ1v) is 6.74. The Balaban J connectivity index is 1.86. The van der Waals surface area contributed by atoms with Crippen LogP contribution < -0.4 is 16.0 Å². The molecular formula is C14H21N3O2. The summed E-state index contributed by atoms with van der Waals surface area (Å²) in [5.41, 5.74) is 1.99. The molecule has 0 spiro atoms. The number of aryl methyl sites for hydroxylation is 1. The number of benzene rings is 1. The zero-order chi connectivity index (χ0) is 13.7. The highest BCUT2D eigenvalue weighted by atomic mass is 16.3. The molecule has 0 radical (unpaired) electrons. The Kier molecular flexibility index (Phi) is 4.76. The van der Waals surface area contributed by atoms with Crippen LogP contribution in [-0.2, 0) is 6.42 Å². The van der Waals surface area contributed by atoms with Crippen molar-refractivity contribution in [2.45, 2.75) is 31.9 Å². The van der Waals surface area contributed by atoms with Gasteiger partial charge in [0.05, 0.1) is 12.1 Å². The van der Waals surface area contributed by atoms with Gasteiger partial charge in [0.1, 0.15) is 0 Å². The molecule has 4 N–H and O–H groups in total. The Labute approximate surface area is 113 Å². The summed E-state index contributed by atoms with van der Waals surface area (Å²) in [7, 11) is 0. The number of aliphatic hydroxyl groups excluding tert-OH is 1. The van der Waals surface area contributed by atoms with Crippen molar-refractivity contribution in [2.75, 3.05) is 18.4 Å². The summed E-state index contributed by atoms with van der Waals surface area (Å²) in [4.78, 5) is 11.8. The van der Waals surface area contributed by atoms with Gasteiger partial charge in [-0.2, -0.15) is 0 Å². The molecule has 2 rings (SSSR count). The molecule has 104 valence electrons. The Hall–Kier alpha value is -1.59. The molecule has 5 heteroatoms. The molecule has 2 amide bonds. The van der Waals surface area contributed by atoms with Crippen LogP contribution in [0, 0.1) is 0 Å². The van der Waals surface area contributed by atoms with E-state index in [-0.39, 0.29) is 12.1 Å². The van der Waals surface area contributed by atoms with Crippen LogP contribution in [0.3, 0.4) is 0 Å². The minimum Gasteiger partial charge on any atom is -0.391 e. The van der Waals surface area contributed by atoms with Gasteiger partial charge in [-0.1, -0.05) is 19.1 Å². The first-order chi connectivity index (χ1) is 9.19. The molecule has 0 saturated carbocycles. The van der Waals surface area contributed by atoms with E-state index in [9.17, 15) is 9.90 Å². The second-order valence-corrected chi connectivity index (χ2v) is 4.82. The minimum atomic E-state index is -0.477. The molecule has 1 aromatic carbocycles. The average molecular weight is 263 g/mol. The average Bonchev–Trinajstić information content (AvgIpc) is 2.42. The molecule has 1 saturated heterocycles.